The van der Waals surface area contributed by atoms with Gasteiger partial charge in [-0.3, -0.25) is 0 Å². The van der Waals surface area contributed by atoms with Crippen molar-refractivity contribution < 1.29 is 17.5 Å². The maximum absolute atomic E-state index is 13.4. The summed E-state index contributed by atoms with van der Waals surface area (Å²) in [5, 5.41) is 0. The molecule has 0 amide bonds. The molecule has 20 heavy (non-hydrogen) atoms. The Morgan fingerprint density at radius 3 is 2.65 bits per heavy atom. The van der Waals surface area contributed by atoms with Gasteiger partial charge in [-0.15, -0.1) is 0 Å². The number of benzene rings is 1. The van der Waals surface area contributed by atoms with Crippen molar-refractivity contribution in [1.82, 2.24) is 4.72 Å². The van der Waals surface area contributed by atoms with Crippen molar-refractivity contribution in [3.05, 3.63) is 28.5 Å². The van der Waals surface area contributed by atoms with E-state index in [0.29, 0.717) is 13.2 Å². The first-order valence-electron chi connectivity index (χ1n) is 6.45. The number of ether oxygens (including phenoxy) is 1. The summed E-state index contributed by atoms with van der Waals surface area (Å²) in [6, 6.07) is 3.59. The van der Waals surface area contributed by atoms with Crippen LogP contribution < -0.4 is 4.72 Å². The lowest BCUT2D eigenvalue weighted by Crippen LogP contribution is -2.40. The van der Waals surface area contributed by atoms with E-state index in [1.54, 1.807) is 0 Å². The maximum atomic E-state index is 13.4. The fourth-order valence-electron chi connectivity index (χ4n) is 2.27. The quantitative estimate of drug-likeness (QED) is 0.892. The Labute approximate surface area is 126 Å². The molecule has 0 saturated carbocycles. The van der Waals surface area contributed by atoms with Gasteiger partial charge in [-0.05, 0) is 59.8 Å². The predicted molar refractivity (Wildman–Crippen MR) is 77.4 cm³/mol. The summed E-state index contributed by atoms with van der Waals surface area (Å²) in [6.45, 7) is 3.15. The molecule has 0 aromatic heterocycles. The van der Waals surface area contributed by atoms with Crippen molar-refractivity contribution in [2.75, 3.05) is 13.2 Å². The van der Waals surface area contributed by atoms with Crippen molar-refractivity contribution >= 4 is 26.0 Å². The van der Waals surface area contributed by atoms with E-state index >= 15 is 0 Å². The molecule has 2 rings (SSSR count). The Morgan fingerprint density at radius 2 is 2.05 bits per heavy atom. The lowest BCUT2D eigenvalue weighted by molar-refractivity contribution is 0.0585. The van der Waals surface area contributed by atoms with Gasteiger partial charge in [0.1, 0.15) is 5.82 Å². The molecular formula is C13H17BrFNO3S. The van der Waals surface area contributed by atoms with Crippen LogP contribution in [0.3, 0.4) is 0 Å². The van der Waals surface area contributed by atoms with Crippen molar-refractivity contribution in [1.29, 1.82) is 0 Å². The van der Waals surface area contributed by atoms with Crippen LogP contribution >= 0.6 is 15.9 Å². The van der Waals surface area contributed by atoms with Gasteiger partial charge in [0, 0.05) is 19.3 Å². The van der Waals surface area contributed by atoms with Crippen LogP contribution in [0.2, 0.25) is 0 Å². The molecule has 0 bridgehead atoms. The maximum Gasteiger partial charge on any atom is 0.240 e. The number of sulfonamides is 1. The van der Waals surface area contributed by atoms with Gasteiger partial charge in [0.25, 0.3) is 0 Å². The molecule has 1 fully saturated rings. The highest BCUT2D eigenvalue weighted by atomic mass is 79.9. The Hall–Kier alpha value is -0.500. The molecule has 1 aromatic carbocycles. The van der Waals surface area contributed by atoms with E-state index in [0.717, 1.165) is 18.9 Å². The molecule has 4 nitrogen and oxygen atoms in total. The molecule has 1 saturated heterocycles. The minimum absolute atomic E-state index is 0.0582. The van der Waals surface area contributed by atoms with Gasteiger partial charge in [-0.2, -0.15) is 0 Å². The summed E-state index contributed by atoms with van der Waals surface area (Å²) >= 11 is 3.01. The second kappa shape index (κ2) is 6.51. The van der Waals surface area contributed by atoms with Gasteiger partial charge in [0.2, 0.25) is 10.0 Å². The largest absolute Gasteiger partial charge is 0.381 e. The number of hydrogen-bond acceptors (Lipinski definition) is 3. The monoisotopic (exact) mass is 365 g/mol. The smallest absolute Gasteiger partial charge is 0.240 e. The molecule has 1 N–H and O–H groups in total. The third kappa shape index (κ3) is 3.78. The lowest BCUT2D eigenvalue weighted by atomic mass is 9.94. The minimum atomic E-state index is -3.70. The van der Waals surface area contributed by atoms with Gasteiger partial charge in [-0.1, -0.05) is 0 Å². The second-order valence-corrected chi connectivity index (χ2v) is 7.50. The van der Waals surface area contributed by atoms with E-state index in [9.17, 15) is 12.8 Å². The average Bonchev–Trinajstić information content (AvgIpc) is 2.42. The van der Waals surface area contributed by atoms with Crippen LogP contribution in [0, 0.1) is 11.7 Å². The summed E-state index contributed by atoms with van der Waals surface area (Å²) < 4.78 is 46.0. The van der Waals surface area contributed by atoms with Crippen LogP contribution in [-0.2, 0) is 14.8 Å². The Kier molecular flexibility index (Phi) is 5.17. The number of halogens is 2. The molecule has 112 valence electrons. The molecule has 7 heteroatoms. The van der Waals surface area contributed by atoms with Crippen LogP contribution in [0.4, 0.5) is 4.39 Å². The molecule has 1 aliphatic heterocycles. The Balaban J connectivity index is 2.11. The molecule has 1 atom stereocenters. The lowest BCUT2D eigenvalue weighted by Gasteiger charge is -2.28. The molecule has 1 heterocycles. The molecule has 1 unspecified atom stereocenters. The zero-order chi connectivity index (χ0) is 14.8. The minimum Gasteiger partial charge on any atom is -0.381 e. The SMILES string of the molecule is CC(NS(=O)(=O)c1ccc(Br)c(F)c1)C1CCOCC1. The first-order chi connectivity index (χ1) is 9.40. The van der Waals surface area contributed by atoms with Crippen molar-refractivity contribution in [3.63, 3.8) is 0 Å². The first-order valence-corrected chi connectivity index (χ1v) is 8.73. The van der Waals surface area contributed by atoms with E-state index in [1.165, 1.54) is 12.1 Å². The van der Waals surface area contributed by atoms with Gasteiger partial charge in [0.05, 0.1) is 9.37 Å². The number of hydrogen-bond donors (Lipinski definition) is 1. The topological polar surface area (TPSA) is 55.4 Å². The molecular weight excluding hydrogens is 349 g/mol. The Morgan fingerprint density at radius 1 is 1.40 bits per heavy atom. The van der Waals surface area contributed by atoms with Crippen LogP contribution in [0.1, 0.15) is 19.8 Å². The van der Waals surface area contributed by atoms with Crippen molar-refractivity contribution in [3.8, 4) is 0 Å². The van der Waals surface area contributed by atoms with E-state index < -0.39 is 15.8 Å². The van der Waals surface area contributed by atoms with Crippen LogP contribution in [-0.4, -0.2) is 27.7 Å². The van der Waals surface area contributed by atoms with E-state index in [1.807, 2.05) is 6.92 Å². The van der Waals surface area contributed by atoms with E-state index in [-0.39, 0.29) is 21.3 Å². The Bertz CT molecular complexity index is 573. The molecule has 1 aliphatic rings. The molecule has 0 spiro atoms. The van der Waals surface area contributed by atoms with Gasteiger partial charge in [0.15, 0.2) is 0 Å². The average molecular weight is 366 g/mol. The fraction of sp³-hybridized carbons (Fsp3) is 0.538. The summed E-state index contributed by atoms with van der Waals surface area (Å²) in [5.41, 5.74) is 0. The van der Waals surface area contributed by atoms with Crippen LogP contribution in [0.25, 0.3) is 0 Å². The fourth-order valence-corrected chi connectivity index (χ4v) is 3.84. The highest BCUT2D eigenvalue weighted by Gasteiger charge is 2.25. The summed E-state index contributed by atoms with van der Waals surface area (Å²) in [5.74, 6) is -0.342. The predicted octanol–water partition coefficient (Wildman–Crippen LogP) is 2.68. The van der Waals surface area contributed by atoms with Gasteiger partial charge in [-0.25, -0.2) is 17.5 Å². The number of rotatable bonds is 4. The normalized spacial score (nSPS) is 18.9. The van der Waals surface area contributed by atoms with Crippen LogP contribution in [0.5, 0.6) is 0 Å². The van der Waals surface area contributed by atoms with E-state index in [2.05, 4.69) is 20.7 Å². The summed E-state index contributed by atoms with van der Waals surface area (Å²) in [7, 11) is -3.70. The molecule has 0 aliphatic carbocycles. The number of nitrogens with one attached hydrogen (secondary N) is 1. The highest BCUT2D eigenvalue weighted by molar-refractivity contribution is 9.10. The van der Waals surface area contributed by atoms with Gasteiger partial charge >= 0.3 is 0 Å². The molecule has 1 aromatic rings. The van der Waals surface area contributed by atoms with Crippen LogP contribution in [0.15, 0.2) is 27.6 Å². The standard InChI is InChI=1S/C13H17BrFNO3S/c1-9(10-4-6-19-7-5-10)16-20(17,18)11-2-3-12(14)13(15)8-11/h2-3,8-10,16H,4-7H2,1H3. The van der Waals surface area contributed by atoms with Crippen molar-refractivity contribution in [2.45, 2.75) is 30.7 Å². The second-order valence-electron chi connectivity index (χ2n) is 4.94. The highest BCUT2D eigenvalue weighted by Crippen LogP contribution is 2.22. The van der Waals surface area contributed by atoms with Crippen molar-refractivity contribution in [2.24, 2.45) is 5.92 Å². The molecule has 0 radical (unpaired) electrons. The first kappa shape index (κ1) is 15.9. The van der Waals surface area contributed by atoms with E-state index in [4.69, 9.17) is 4.74 Å². The summed E-state index contributed by atoms with van der Waals surface area (Å²) in [4.78, 5) is -0.0582. The van der Waals surface area contributed by atoms with Gasteiger partial charge < -0.3 is 4.74 Å². The zero-order valence-corrected chi connectivity index (χ0v) is 13.5. The third-order valence-electron chi connectivity index (χ3n) is 3.52. The third-order valence-corrected chi connectivity index (χ3v) is 5.72. The zero-order valence-electron chi connectivity index (χ0n) is 11.1. The summed E-state index contributed by atoms with van der Waals surface area (Å²) in [6.07, 6.45) is 1.66.